The number of hydrogen-bond donors (Lipinski definition) is 7. The fourth-order valence-electron chi connectivity index (χ4n) is 6.26. The predicted octanol–water partition coefficient (Wildman–Crippen LogP) is 2.93. The largest absolute Gasteiger partial charge is 0.444 e. The normalized spacial score (nSPS) is 29.2. The smallest absolute Gasteiger partial charge is 0.408 e. The van der Waals surface area contributed by atoms with Gasteiger partial charge in [0, 0.05) is 13.1 Å². The number of carbonyl (C=O) groups excluding carboxylic acids is 3. The number of aliphatic hydroxyl groups excluding tert-OH is 4. The van der Waals surface area contributed by atoms with E-state index in [9.17, 15) is 34.8 Å². The van der Waals surface area contributed by atoms with Crippen molar-refractivity contribution in [2.24, 2.45) is 0 Å². The summed E-state index contributed by atoms with van der Waals surface area (Å²) in [6.45, 7) is 18.4. The lowest BCUT2D eigenvalue weighted by Gasteiger charge is -2.48. The highest BCUT2D eigenvalue weighted by Gasteiger charge is 2.52. The monoisotopic (exact) mass is 768 g/mol. The number of unbranched alkanes of at least 4 members (excludes halogenated alkanes) is 1. The van der Waals surface area contributed by atoms with Crippen molar-refractivity contribution in [3.63, 3.8) is 0 Å². The third kappa shape index (κ3) is 14.4. The van der Waals surface area contributed by atoms with Crippen LogP contribution in [0.5, 0.6) is 0 Å². The van der Waals surface area contributed by atoms with Gasteiger partial charge in [0.15, 0.2) is 6.29 Å². The SMILES string of the molecule is CCCCN(Cc1ccccc1)C[C@H]1O[C@H](O[C@H]2[C@H](O)[C@@H](O)[C@H](NC(=O)OC(C)(C)C)C[C@@H]2NC(=O)OC(C)(C)C)[C@H](NC(=O)OC(C)(C)C)[C@@H](O)[C@@H]1O. The molecule has 16 heteroatoms. The van der Waals surface area contributed by atoms with E-state index in [1.807, 2.05) is 30.3 Å². The third-order valence-corrected chi connectivity index (χ3v) is 8.60. The number of rotatable bonds is 12. The summed E-state index contributed by atoms with van der Waals surface area (Å²) in [6.07, 6.45) is -11.6. The standard InChI is InChI=1S/C38H64N4O12/c1-11-12-18-42(20-22-16-14-13-15-17-22)21-25-28(44)29(45)26(41-35(49)54-38(8,9)10)32(50-25)51-31-24(40-34(48)53-37(5,6)7)19-23(27(43)30(31)46)39-33(47)52-36(2,3)4/h13-17,23-32,43-46H,11-12,18-21H2,1-10H3,(H,39,47)(H,40,48)(H,41,49)/t23-,24+,25-,26-,27+,28-,29-,30-,31-,32-/m1/s1. The van der Waals surface area contributed by atoms with Crippen molar-refractivity contribution in [1.82, 2.24) is 20.9 Å². The van der Waals surface area contributed by atoms with Crippen LogP contribution in [-0.4, -0.2) is 135 Å². The molecule has 2 aliphatic rings. The van der Waals surface area contributed by atoms with Crippen LogP contribution in [-0.2, 0) is 30.2 Å². The summed E-state index contributed by atoms with van der Waals surface area (Å²) in [6, 6.07) is 6.08. The number of amides is 3. The molecule has 10 atom stereocenters. The number of hydrogen-bond acceptors (Lipinski definition) is 13. The molecule has 3 rings (SSSR count). The maximum atomic E-state index is 13.1. The Balaban J connectivity index is 1.98. The molecule has 7 N–H and O–H groups in total. The lowest BCUT2D eigenvalue weighted by molar-refractivity contribution is -0.296. The van der Waals surface area contributed by atoms with E-state index in [0.717, 1.165) is 18.4 Å². The molecule has 2 fully saturated rings. The first-order chi connectivity index (χ1) is 25.0. The summed E-state index contributed by atoms with van der Waals surface area (Å²) >= 11 is 0. The molecule has 308 valence electrons. The van der Waals surface area contributed by atoms with Gasteiger partial charge in [-0.05, 0) is 87.3 Å². The van der Waals surface area contributed by atoms with Crippen LogP contribution >= 0.6 is 0 Å². The van der Waals surface area contributed by atoms with Gasteiger partial charge in [0.05, 0.1) is 12.1 Å². The molecular formula is C38H64N4O12. The molecule has 1 heterocycles. The quantitative estimate of drug-likeness (QED) is 0.153. The van der Waals surface area contributed by atoms with Crippen LogP contribution in [0.2, 0.25) is 0 Å². The van der Waals surface area contributed by atoms with Gasteiger partial charge in [-0.25, -0.2) is 14.4 Å². The van der Waals surface area contributed by atoms with Crippen LogP contribution in [0.3, 0.4) is 0 Å². The highest BCUT2D eigenvalue weighted by molar-refractivity contribution is 5.69. The maximum Gasteiger partial charge on any atom is 0.408 e. The highest BCUT2D eigenvalue weighted by atomic mass is 16.7. The van der Waals surface area contributed by atoms with Crippen molar-refractivity contribution in [2.45, 2.75) is 173 Å². The van der Waals surface area contributed by atoms with E-state index >= 15 is 0 Å². The topological polar surface area (TPSA) is 218 Å². The molecule has 1 saturated heterocycles. The Hall–Kier alpha value is -3.25. The molecule has 0 radical (unpaired) electrons. The van der Waals surface area contributed by atoms with Crippen LogP contribution in [0.15, 0.2) is 30.3 Å². The van der Waals surface area contributed by atoms with E-state index in [1.54, 1.807) is 62.3 Å². The molecular weight excluding hydrogens is 704 g/mol. The van der Waals surface area contributed by atoms with Crippen LogP contribution in [0.1, 0.15) is 94.1 Å². The zero-order valence-corrected chi connectivity index (χ0v) is 33.4. The number of carbonyl (C=O) groups is 3. The third-order valence-electron chi connectivity index (χ3n) is 8.60. The molecule has 54 heavy (non-hydrogen) atoms. The lowest BCUT2D eigenvalue weighted by atomic mass is 9.83. The first-order valence-corrected chi connectivity index (χ1v) is 18.7. The number of aliphatic hydroxyl groups is 4. The molecule has 0 spiro atoms. The minimum atomic E-state index is -1.76. The second-order valence-corrected chi connectivity index (χ2v) is 17.1. The minimum absolute atomic E-state index is 0.156. The first kappa shape index (κ1) is 45.1. The fourth-order valence-corrected chi connectivity index (χ4v) is 6.26. The molecule has 1 saturated carbocycles. The lowest BCUT2D eigenvalue weighted by Crippen LogP contribution is -2.70. The second kappa shape index (κ2) is 19.1. The maximum absolute atomic E-state index is 13.1. The van der Waals surface area contributed by atoms with Gasteiger partial charge in [-0.1, -0.05) is 43.7 Å². The van der Waals surface area contributed by atoms with Crippen LogP contribution < -0.4 is 16.0 Å². The van der Waals surface area contributed by atoms with E-state index in [4.69, 9.17) is 23.7 Å². The van der Waals surface area contributed by atoms with Crippen molar-refractivity contribution in [2.75, 3.05) is 13.1 Å². The minimum Gasteiger partial charge on any atom is -0.444 e. The molecule has 1 aliphatic heterocycles. The molecule has 0 aromatic heterocycles. The molecule has 0 bridgehead atoms. The molecule has 1 aromatic rings. The number of alkyl carbamates (subject to hydrolysis) is 3. The zero-order chi connectivity index (χ0) is 40.6. The highest BCUT2D eigenvalue weighted by Crippen LogP contribution is 2.31. The van der Waals surface area contributed by atoms with E-state index < -0.39 is 96.1 Å². The molecule has 1 aliphatic carbocycles. The van der Waals surface area contributed by atoms with Crippen LogP contribution in [0.25, 0.3) is 0 Å². The van der Waals surface area contributed by atoms with Crippen molar-refractivity contribution in [3.05, 3.63) is 35.9 Å². The average Bonchev–Trinajstić information content (AvgIpc) is 3.02. The van der Waals surface area contributed by atoms with Crippen molar-refractivity contribution < 1.29 is 58.5 Å². The number of nitrogens with zero attached hydrogens (tertiary/aromatic N) is 1. The summed E-state index contributed by atoms with van der Waals surface area (Å²) in [4.78, 5) is 40.9. The zero-order valence-electron chi connectivity index (χ0n) is 33.4. The summed E-state index contributed by atoms with van der Waals surface area (Å²) in [5, 5.41) is 53.6. The van der Waals surface area contributed by atoms with Crippen molar-refractivity contribution in [1.29, 1.82) is 0 Å². The Bertz CT molecular complexity index is 1350. The Labute approximate surface area is 319 Å². The van der Waals surface area contributed by atoms with Crippen molar-refractivity contribution >= 4 is 18.3 Å². The number of benzene rings is 1. The van der Waals surface area contributed by atoms with Gasteiger partial charge in [0.25, 0.3) is 0 Å². The first-order valence-electron chi connectivity index (χ1n) is 18.7. The van der Waals surface area contributed by atoms with Gasteiger partial charge < -0.3 is 60.1 Å². The van der Waals surface area contributed by atoms with Gasteiger partial charge in [0.1, 0.15) is 59.5 Å². The van der Waals surface area contributed by atoms with Crippen molar-refractivity contribution in [3.8, 4) is 0 Å². The summed E-state index contributed by atoms with van der Waals surface area (Å²) < 4.78 is 29.0. The van der Waals surface area contributed by atoms with Gasteiger partial charge in [-0.3, -0.25) is 4.90 Å². The molecule has 0 unspecified atom stereocenters. The van der Waals surface area contributed by atoms with E-state index in [0.29, 0.717) is 13.1 Å². The van der Waals surface area contributed by atoms with Crippen LogP contribution in [0, 0.1) is 0 Å². The van der Waals surface area contributed by atoms with Gasteiger partial charge in [0.2, 0.25) is 0 Å². The van der Waals surface area contributed by atoms with E-state index in [2.05, 4.69) is 27.8 Å². The summed E-state index contributed by atoms with van der Waals surface area (Å²) in [5.74, 6) is 0. The van der Waals surface area contributed by atoms with Crippen LogP contribution in [0.4, 0.5) is 14.4 Å². The second-order valence-electron chi connectivity index (χ2n) is 17.1. The van der Waals surface area contributed by atoms with E-state index in [1.165, 1.54) is 0 Å². The number of nitrogens with one attached hydrogen (secondary N) is 3. The fraction of sp³-hybridized carbons (Fsp3) is 0.763. The average molecular weight is 769 g/mol. The predicted molar refractivity (Wildman–Crippen MR) is 198 cm³/mol. The summed E-state index contributed by atoms with van der Waals surface area (Å²) in [5.41, 5.74) is -1.64. The van der Waals surface area contributed by atoms with Gasteiger partial charge in [-0.2, -0.15) is 0 Å². The number of ether oxygens (including phenoxy) is 5. The molecule has 16 nitrogen and oxygen atoms in total. The Morgan fingerprint density at radius 2 is 1.26 bits per heavy atom. The Morgan fingerprint density at radius 1 is 0.741 bits per heavy atom. The van der Waals surface area contributed by atoms with Gasteiger partial charge >= 0.3 is 18.3 Å². The van der Waals surface area contributed by atoms with Gasteiger partial charge in [-0.15, -0.1) is 0 Å². The molecule has 1 aromatic carbocycles. The molecule has 3 amide bonds. The van der Waals surface area contributed by atoms with E-state index in [-0.39, 0.29) is 13.0 Å². The summed E-state index contributed by atoms with van der Waals surface area (Å²) in [7, 11) is 0. The Kier molecular flexibility index (Phi) is 15.9. The Morgan fingerprint density at radius 3 is 1.78 bits per heavy atom.